The molecule has 0 aromatic heterocycles. The highest BCUT2D eigenvalue weighted by Crippen LogP contribution is 2.37. The lowest BCUT2D eigenvalue weighted by Crippen LogP contribution is -2.30. The Morgan fingerprint density at radius 1 is 1.47 bits per heavy atom. The SMILES string of the molecule is COC(=O)C1CCN(CC2Cc3ccccc3S2)C1. The maximum atomic E-state index is 11.5. The van der Waals surface area contributed by atoms with Crippen LogP contribution < -0.4 is 0 Å². The molecule has 0 N–H and O–H groups in total. The van der Waals surface area contributed by atoms with Gasteiger partial charge in [0.1, 0.15) is 0 Å². The lowest BCUT2D eigenvalue weighted by molar-refractivity contribution is -0.144. The molecule has 0 bridgehead atoms. The molecular weight excluding hydrogens is 258 g/mol. The minimum absolute atomic E-state index is 0.0511. The monoisotopic (exact) mass is 277 g/mol. The number of nitrogens with zero attached hydrogens (tertiary/aromatic N) is 1. The van der Waals surface area contributed by atoms with Gasteiger partial charge < -0.3 is 9.64 Å². The van der Waals surface area contributed by atoms with E-state index in [2.05, 4.69) is 29.2 Å². The number of methoxy groups -OCH3 is 1. The van der Waals surface area contributed by atoms with E-state index in [4.69, 9.17) is 4.74 Å². The average Bonchev–Trinajstić information content (AvgIpc) is 3.04. The molecule has 0 saturated carbocycles. The minimum Gasteiger partial charge on any atom is -0.469 e. The van der Waals surface area contributed by atoms with Crippen molar-refractivity contribution >= 4 is 17.7 Å². The summed E-state index contributed by atoms with van der Waals surface area (Å²) in [6.45, 7) is 2.96. The average molecular weight is 277 g/mol. The highest BCUT2D eigenvalue weighted by molar-refractivity contribution is 8.00. The minimum atomic E-state index is -0.0511. The second-order valence-electron chi connectivity index (χ2n) is 5.32. The van der Waals surface area contributed by atoms with Crippen molar-refractivity contribution in [2.75, 3.05) is 26.7 Å². The van der Waals surface area contributed by atoms with Crippen molar-refractivity contribution in [3.63, 3.8) is 0 Å². The summed E-state index contributed by atoms with van der Waals surface area (Å²) in [6, 6.07) is 8.66. The fourth-order valence-electron chi connectivity index (χ4n) is 3.00. The van der Waals surface area contributed by atoms with Crippen LogP contribution in [-0.4, -0.2) is 42.9 Å². The van der Waals surface area contributed by atoms with Crippen molar-refractivity contribution in [1.29, 1.82) is 0 Å². The van der Waals surface area contributed by atoms with Crippen LogP contribution in [0.3, 0.4) is 0 Å². The van der Waals surface area contributed by atoms with E-state index >= 15 is 0 Å². The van der Waals surface area contributed by atoms with E-state index < -0.39 is 0 Å². The Bertz CT molecular complexity index is 452. The number of esters is 1. The predicted octanol–water partition coefficient (Wildman–Crippen LogP) is 2.20. The Balaban J connectivity index is 1.53. The highest BCUT2D eigenvalue weighted by atomic mass is 32.2. The fraction of sp³-hybridized carbons (Fsp3) is 0.533. The van der Waals surface area contributed by atoms with Crippen LogP contribution in [0.25, 0.3) is 0 Å². The zero-order chi connectivity index (χ0) is 13.2. The summed E-state index contributed by atoms with van der Waals surface area (Å²) in [6.07, 6.45) is 2.09. The van der Waals surface area contributed by atoms with Gasteiger partial charge in [0.15, 0.2) is 0 Å². The number of thioether (sulfide) groups is 1. The zero-order valence-corrected chi connectivity index (χ0v) is 12.0. The van der Waals surface area contributed by atoms with Gasteiger partial charge in [0.2, 0.25) is 0 Å². The Morgan fingerprint density at radius 3 is 3.11 bits per heavy atom. The number of fused-ring (bicyclic) bond motifs is 1. The van der Waals surface area contributed by atoms with Crippen LogP contribution in [0.1, 0.15) is 12.0 Å². The molecule has 3 rings (SSSR count). The van der Waals surface area contributed by atoms with Crippen LogP contribution in [0.4, 0.5) is 0 Å². The van der Waals surface area contributed by atoms with Gasteiger partial charge in [0.25, 0.3) is 0 Å². The van der Waals surface area contributed by atoms with Gasteiger partial charge in [-0.05, 0) is 31.0 Å². The summed E-state index contributed by atoms with van der Waals surface area (Å²) in [5, 5.41) is 0.633. The van der Waals surface area contributed by atoms with Crippen molar-refractivity contribution in [2.45, 2.75) is 23.0 Å². The molecule has 1 aromatic rings. The van der Waals surface area contributed by atoms with Gasteiger partial charge in [-0.3, -0.25) is 4.79 Å². The Hall–Kier alpha value is -1.00. The number of hydrogen-bond acceptors (Lipinski definition) is 4. The molecule has 0 spiro atoms. The largest absolute Gasteiger partial charge is 0.469 e. The molecule has 4 heteroatoms. The van der Waals surface area contributed by atoms with Crippen LogP contribution in [0, 0.1) is 5.92 Å². The maximum Gasteiger partial charge on any atom is 0.310 e. The second kappa shape index (κ2) is 5.55. The van der Waals surface area contributed by atoms with Crippen LogP contribution in [-0.2, 0) is 16.0 Å². The molecule has 3 nitrogen and oxygen atoms in total. The lowest BCUT2D eigenvalue weighted by atomic mass is 10.1. The first-order chi connectivity index (χ1) is 9.26. The van der Waals surface area contributed by atoms with E-state index in [-0.39, 0.29) is 11.9 Å². The Labute approximate surface area is 118 Å². The van der Waals surface area contributed by atoms with E-state index in [0.717, 1.165) is 32.5 Å². The van der Waals surface area contributed by atoms with E-state index in [1.807, 2.05) is 11.8 Å². The van der Waals surface area contributed by atoms with E-state index in [0.29, 0.717) is 5.25 Å². The van der Waals surface area contributed by atoms with Crippen molar-refractivity contribution in [1.82, 2.24) is 4.90 Å². The number of rotatable bonds is 3. The first kappa shape index (κ1) is 13.0. The first-order valence-corrected chi connectivity index (χ1v) is 7.69. The van der Waals surface area contributed by atoms with Crippen LogP contribution in [0.5, 0.6) is 0 Å². The highest BCUT2D eigenvalue weighted by Gasteiger charge is 2.31. The summed E-state index contributed by atoms with van der Waals surface area (Å²) in [5.41, 5.74) is 1.47. The van der Waals surface area contributed by atoms with Crippen LogP contribution in [0.2, 0.25) is 0 Å². The Kier molecular flexibility index (Phi) is 3.80. The third kappa shape index (κ3) is 2.79. The second-order valence-corrected chi connectivity index (χ2v) is 6.66. The van der Waals surface area contributed by atoms with Crippen molar-refractivity contribution < 1.29 is 9.53 Å². The van der Waals surface area contributed by atoms with E-state index in [9.17, 15) is 4.79 Å². The normalized spacial score (nSPS) is 26.4. The quantitative estimate of drug-likeness (QED) is 0.792. The van der Waals surface area contributed by atoms with Gasteiger partial charge in [-0.2, -0.15) is 0 Å². The van der Waals surface area contributed by atoms with Gasteiger partial charge in [-0.25, -0.2) is 0 Å². The Morgan fingerprint density at radius 2 is 2.32 bits per heavy atom. The molecular formula is C15H19NO2S. The van der Waals surface area contributed by atoms with E-state index in [1.54, 1.807) is 0 Å². The number of ether oxygens (including phenoxy) is 1. The molecule has 1 aromatic carbocycles. The molecule has 1 saturated heterocycles. The molecule has 1 fully saturated rings. The number of likely N-dealkylation sites (tertiary alicyclic amines) is 1. The van der Waals surface area contributed by atoms with Gasteiger partial charge in [0.05, 0.1) is 13.0 Å². The maximum absolute atomic E-state index is 11.5. The van der Waals surface area contributed by atoms with Crippen molar-refractivity contribution in [3.8, 4) is 0 Å². The van der Waals surface area contributed by atoms with Crippen molar-refractivity contribution in [2.24, 2.45) is 5.92 Å². The molecule has 0 aliphatic carbocycles. The number of hydrogen-bond donors (Lipinski definition) is 0. The molecule has 102 valence electrons. The van der Waals surface area contributed by atoms with Crippen LogP contribution >= 0.6 is 11.8 Å². The number of benzene rings is 1. The molecule has 2 aliphatic rings. The van der Waals surface area contributed by atoms with Crippen molar-refractivity contribution in [3.05, 3.63) is 29.8 Å². The van der Waals surface area contributed by atoms with E-state index in [1.165, 1.54) is 17.6 Å². The number of carbonyl (C=O) groups is 1. The lowest BCUT2D eigenvalue weighted by Gasteiger charge is -2.19. The molecule has 2 heterocycles. The molecule has 2 atom stereocenters. The van der Waals surface area contributed by atoms with Gasteiger partial charge >= 0.3 is 5.97 Å². The molecule has 0 radical (unpaired) electrons. The molecule has 2 unspecified atom stereocenters. The summed E-state index contributed by atoms with van der Waals surface area (Å²) in [5.74, 6) is 0.0311. The van der Waals surface area contributed by atoms with Gasteiger partial charge in [0, 0.05) is 23.2 Å². The molecule has 0 amide bonds. The standard InChI is InChI=1S/C15H19NO2S/c1-18-15(17)12-6-7-16(9-12)10-13-8-11-4-2-3-5-14(11)19-13/h2-5,12-13H,6-10H2,1H3. The topological polar surface area (TPSA) is 29.5 Å². The molecule has 19 heavy (non-hydrogen) atoms. The predicted molar refractivity (Wildman–Crippen MR) is 76.4 cm³/mol. The smallest absolute Gasteiger partial charge is 0.310 e. The van der Waals surface area contributed by atoms with Crippen LogP contribution in [0.15, 0.2) is 29.2 Å². The zero-order valence-electron chi connectivity index (χ0n) is 11.2. The first-order valence-electron chi connectivity index (χ1n) is 6.81. The summed E-state index contributed by atoms with van der Waals surface area (Å²) in [4.78, 5) is 15.4. The third-order valence-electron chi connectivity index (χ3n) is 3.98. The fourth-order valence-corrected chi connectivity index (χ4v) is 4.37. The van der Waals surface area contributed by atoms with Gasteiger partial charge in [-0.1, -0.05) is 18.2 Å². The number of carbonyl (C=O) groups excluding carboxylic acids is 1. The van der Waals surface area contributed by atoms with Gasteiger partial charge in [-0.15, -0.1) is 11.8 Å². The summed E-state index contributed by atoms with van der Waals surface area (Å²) < 4.78 is 4.83. The third-order valence-corrected chi connectivity index (χ3v) is 5.28. The molecule has 2 aliphatic heterocycles. The summed E-state index contributed by atoms with van der Waals surface area (Å²) >= 11 is 1.98. The summed E-state index contributed by atoms with van der Waals surface area (Å²) in [7, 11) is 1.48.